The largest absolute Gasteiger partial charge is 0.493 e. The monoisotopic (exact) mass is 378 g/mol. The summed E-state index contributed by atoms with van der Waals surface area (Å²) >= 11 is 0. The van der Waals surface area contributed by atoms with Crippen molar-refractivity contribution in [2.45, 2.75) is 0 Å². The zero-order valence-corrected chi connectivity index (χ0v) is 15.6. The molecule has 7 heteroatoms. The second-order valence-corrected chi connectivity index (χ2v) is 5.91. The van der Waals surface area contributed by atoms with Crippen LogP contribution in [0.2, 0.25) is 0 Å². The Morgan fingerprint density at radius 2 is 1.50 bits per heavy atom. The van der Waals surface area contributed by atoms with Crippen molar-refractivity contribution < 1.29 is 23.2 Å². The molecular formula is C21H18N2O5. The minimum Gasteiger partial charge on any atom is -0.493 e. The van der Waals surface area contributed by atoms with Crippen LogP contribution in [0.1, 0.15) is 0 Å². The quantitative estimate of drug-likeness (QED) is 0.481. The van der Waals surface area contributed by atoms with E-state index in [1.54, 1.807) is 40.1 Å². The van der Waals surface area contributed by atoms with Gasteiger partial charge in [0, 0.05) is 16.7 Å². The van der Waals surface area contributed by atoms with Crippen LogP contribution in [0, 0.1) is 0 Å². The molecule has 0 aliphatic carbocycles. The van der Waals surface area contributed by atoms with Crippen LogP contribution < -0.4 is 14.2 Å². The van der Waals surface area contributed by atoms with E-state index in [1.807, 2.05) is 36.4 Å². The Morgan fingerprint density at radius 1 is 0.821 bits per heavy atom. The van der Waals surface area contributed by atoms with Crippen molar-refractivity contribution in [3.63, 3.8) is 0 Å². The van der Waals surface area contributed by atoms with Crippen LogP contribution in [0.4, 0.5) is 0 Å². The molecule has 0 aliphatic rings. The van der Waals surface area contributed by atoms with E-state index in [1.165, 1.54) is 0 Å². The molecule has 0 amide bonds. The molecule has 0 radical (unpaired) electrons. The molecule has 0 aliphatic heterocycles. The third-order valence-electron chi connectivity index (χ3n) is 4.38. The summed E-state index contributed by atoms with van der Waals surface area (Å²) in [7, 11) is 4.72. The fourth-order valence-corrected chi connectivity index (χ4v) is 3.03. The van der Waals surface area contributed by atoms with Gasteiger partial charge in [-0.15, -0.1) is 0 Å². The lowest BCUT2D eigenvalue weighted by Gasteiger charge is -2.13. The van der Waals surface area contributed by atoms with Gasteiger partial charge in [-0.25, -0.2) is 4.98 Å². The highest BCUT2D eigenvalue weighted by atomic mass is 16.5. The molecule has 0 atom stereocenters. The van der Waals surface area contributed by atoms with E-state index in [9.17, 15) is 0 Å². The van der Waals surface area contributed by atoms with Crippen molar-refractivity contribution >= 4 is 0 Å². The van der Waals surface area contributed by atoms with Crippen LogP contribution >= 0.6 is 0 Å². The van der Waals surface area contributed by atoms with E-state index >= 15 is 0 Å². The highest BCUT2D eigenvalue weighted by molar-refractivity contribution is 5.82. The average Bonchev–Trinajstić information content (AvgIpc) is 3.45. The molecule has 0 N–H and O–H groups in total. The Kier molecular flexibility index (Phi) is 4.72. The Labute approximate surface area is 161 Å². The predicted octanol–water partition coefficient (Wildman–Crippen LogP) is 4.69. The zero-order valence-electron chi connectivity index (χ0n) is 15.6. The molecule has 0 bridgehead atoms. The van der Waals surface area contributed by atoms with Crippen molar-refractivity contribution in [1.29, 1.82) is 0 Å². The molecule has 0 saturated heterocycles. The van der Waals surface area contributed by atoms with Crippen LogP contribution in [0.15, 0.2) is 64.1 Å². The third-order valence-corrected chi connectivity index (χ3v) is 4.38. The van der Waals surface area contributed by atoms with E-state index in [2.05, 4.69) is 10.1 Å². The molecule has 0 spiro atoms. The summed E-state index contributed by atoms with van der Waals surface area (Å²) in [6.07, 6.45) is 4.77. The number of ether oxygens (including phenoxy) is 3. The first-order valence-corrected chi connectivity index (χ1v) is 8.50. The molecule has 0 unspecified atom stereocenters. The highest BCUT2D eigenvalue weighted by Gasteiger charge is 2.19. The van der Waals surface area contributed by atoms with Gasteiger partial charge in [-0.2, -0.15) is 0 Å². The van der Waals surface area contributed by atoms with Crippen molar-refractivity contribution in [3.05, 3.63) is 55.1 Å². The molecule has 7 nitrogen and oxygen atoms in total. The summed E-state index contributed by atoms with van der Waals surface area (Å²) in [5.74, 6) is 2.19. The Morgan fingerprint density at radius 3 is 2.07 bits per heavy atom. The van der Waals surface area contributed by atoms with Crippen molar-refractivity contribution in [3.8, 4) is 51.1 Å². The van der Waals surface area contributed by atoms with Gasteiger partial charge in [0.2, 0.25) is 11.6 Å². The number of rotatable bonds is 6. The lowest BCUT2D eigenvalue weighted by Crippen LogP contribution is -1.96. The molecule has 4 aromatic rings. The van der Waals surface area contributed by atoms with Crippen molar-refractivity contribution in [2.24, 2.45) is 0 Å². The maximum absolute atomic E-state index is 5.44. The van der Waals surface area contributed by atoms with Crippen LogP contribution in [0.5, 0.6) is 17.2 Å². The number of nitrogens with zero attached hydrogens (tertiary/aromatic N) is 2. The molecular weight excluding hydrogens is 360 g/mol. The van der Waals surface area contributed by atoms with Gasteiger partial charge >= 0.3 is 0 Å². The fourth-order valence-electron chi connectivity index (χ4n) is 3.03. The minimum absolute atomic E-state index is 0.522. The summed E-state index contributed by atoms with van der Waals surface area (Å²) in [5, 5.41) is 4.18. The number of oxazole rings is 1. The lowest BCUT2D eigenvalue weighted by atomic mass is 10.00. The average molecular weight is 378 g/mol. The second-order valence-electron chi connectivity index (χ2n) is 5.91. The third kappa shape index (κ3) is 3.07. The summed E-state index contributed by atoms with van der Waals surface area (Å²) in [4.78, 5) is 4.16. The smallest absolute Gasteiger partial charge is 0.225 e. The standard InChI is InChI=1S/C21H18N2O5/c1-24-17-10-15(11-18(25-2)20(17)26-3)19-16(12-28-23-19)13-4-6-14(7-5-13)21-22-8-9-27-21/h4-12H,1-3H3. The number of methoxy groups -OCH3 is 3. The lowest BCUT2D eigenvalue weighted by molar-refractivity contribution is 0.324. The Bertz CT molecular complexity index is 1040. The molecule has 2 aromatic carbocycles. The summed E-state index contributed by atoms with van der Waals surface area (Å²) < 4.78 is 26.9. The maximum atomic E-state index is 5.44. The van der Waals surface area contributed by atoms with Gasteiger partial charge in [-0.1, -0.05) is 17.3 Å². The summed E-state index contributed by atoms with van der Waals surface area (Å²) in [6.45, 7) is 0. The predicted molar refractivity (Wildman–Crippen MR) is 103 cm³/mol. The molecule has 2 heterocycles. The summed E-state index contributed by atoms with van der Waals surface area (Å²) in [5.41, 5.74) is 4.13. The fraction of sp³-hybridized carbons (Fsp3) is 0.143. The van der Waals surface area contributed by atoms with E-state index in [4.69, 9.17) is 23.2 Å². The minimum atomic E-state index is 0.522. The van der Waals surface area contributed by atoms with Crippen LogP contribution in [0.25, 0.3) is 33.8 Å². The van der Waals surface area contributed by atoms with Gasteiger partial charge in [0.1, 0.15) is 18.2 Å². The topological polar surface area (TPSA) is 79.8 Å². The molecule has 142 valence electrons. The first-order valence-electron chi connectivity index (χ1n) is 8.50. The first-order chi connectivity index (χ1) is 13.7. The van der Waals surface area contributed by atoms with Crippen molar-refractivity contribution in [1.82, 2.24) is 10.1 Å². The van der Waals surface area contributed by atoms with Gasteiger partial charge in [0.05, 0.1) is 27.5 Å². The van der Waals surface area contributed by atoms with Gasteiger partial charge in [0.25, 0.3) is 0 Å². The number of hydrogen-bond donors (Lipinski definition) is 0. The van der Waals surface area contributed by atoms with Gasteiger partial charge in [-0.3, -0.25) is 0 Å². The van der Waals surface area contributed by atoms with Gasteiger partial charge < -0.3 is 23.2 Å². The van der Waals surface area contributed by atoms with E-state index in [-0.39, 0.29) is 0 Å². The number of aromatic nitrogens is 2. The molecule has 4 rings (SSSR count). The van der Waals surface area contributed by atoms with Crippen LogP contribution in [-0.2, 0) is 0 Å². The second kappa shape index (κ2) is 7.48. The first kappa shape index (κ1) is 17.7. The summed E-state index contributed by atoms with van der Waals surface area (Å²) in [6, 6.07) is 11.5. The maximum Gasteiger partial charge on any atom is 0.225 e. The van der Waals surface area contributed by atoms with Crippen LogP contribution in [0.3, 0.4) is 0 Å². The van der Waals surface area contributed by atoms with Crippen molar-refractivity contribution in [2.75, 3.05) is 21.3 Å². The van der Waals surface area contributed by atoms with E-state index in [0.717, 1.165) is 22.3 Å². The Balaban J connectivity index is 1.76. The van der Waals surface area contributed by atoms with E-state index in [0.29, 0.717) is 28.8 Å². The number of hydrogen-bond acceptors (Lipinski definition) is 7. The number of benzene rings is 2. The molecule has 0 saturated carbocycles. The van der Waals surface area contributed by atoms with Gasteiger partial charge in [-0.05, 0) is 29.8 Å². The highest BCUT2D eigenvalue weighted by Crippen LogP contribution is 2.43. The van der Waals surface area contributed by atoms with Crippen LogP contribution in [-0.4, -0.2) is 31.5 Å². The zero-order chi connectivity index (χ0) is 19.5. The molecule has 2 aromatic heterocycles. The SMILES string of the molecule is COc1cc(-c2nocc2-c2ccc(-c3ncco3)cc2)cc(OC)c1OC. The molecule has 28 heavy (non-hydrogen) atoms. The van der Waals surface area contributed by atoms with Gasteiger partial charge in [0.15, 0.2) is 11.5 Å². The normalized spacial score (nSPS) is 10.7. The van der Waals surface area contributed by atoms with E-state index < -0.39 is 0 Å². The molecule has 0 fully saturated rings. The Hall–Kier alpha value is -3.74.